The van der Waals surface area contributed by atoms with Crippen LogP contribution in [0.3, 0.4) is 0 Å². The van der Waals surface area contributed by atoms with E-state index in [2.05, 4.69) is 15.3 Å². The van der Waals surface area contributed by atoms with Crippen molar-refractivity contribution in [3.63, 3.8) is 0 Å². The number of carbonyl (C=O) groups excluding carboxylic acids is 2. The quantitative estimate of drug-likeness (QED) is 0.352. The van der Waals surface area contributed by atoms with E-state index in [0.717, 1.165) is 16.1 Å². The predicted octanol–water partition coefficient (Wildman–Crippen LogP) is 2.49. The highest BCUT2D eigenvalue weighted by Crippen LogP contribution is 2.27. The van der Waals surface area contributed by atoms with Crippen LogP contribution in [-0.2, 0) is 4.79 Å². The number of ether oxygens (including phenoxy) is 3. The molecule has 1 fully saturated rings. The fraction of sp³-hybridized carbons (Fsp3) is 0.267. The lowest BCUT2D eigenvalue weighted by molar-refractivity contribution is -0.130. The number of nitrogens with zero attached hydrogens (tertiary/aromatic N) is 4. The molecule has 3 aromatic carbocycles. The average Bonchev–Trinajstić information content (AvgIpc) is 3.03. The third-order valence-electron chi connectivity index (χ3n) is 7.11. The maximum Gasteiger partial charge on any atom is 0.279 e. The second kappa shape index (κ2) is 12.0. The van der Waals surface area contributed by atoms with Crippen molar-refractivity contribution >= 4 is 28.3 Å². The molecule has 1 N–H and O–H groups in total. The maximum atomic E-state index is 13.4. The standard InChI is InChI=1S/C30H31N5O6/c1-39-21-10-8-20(9-11-21)33-14-16-34(17-15-33)27(36)19-31-29(37)28-23-6-4-5-7-24(23)30(38)35(32-28)25-13-12-22(40-2)18-26(25)41-3/h4-13,18H,14-17,19H2,1-3H3,(H,31,37). The van der Waals surface area contributed by atoms with Gasteiger partial charge in [-0.3, -0.25) is 14.4 Å². The minimum Gasteiger partial charge on any atom is -0.497 e. The van der Waals surface area contributed by atoms with Crippen LogP contribution in [0, 0.1) is 0 Å². The number of aromatic nitrogens is 2. The first-order chi connectivity index (χ1) is 19.9. The third kappa shape index (κ3) is 5.65. The summed E-state index contributed by atoms with van der Waals surface area (Å²) in [4.78, 5) is 43.6. The summed E-state index contributed by atoms with van der Waals surface area (Å²) in [6, 6.07) is 19.5. The molecule has 0 saturated carbocycles. The number of hydrogen-bond acceptors (Lipinski definition) is 8. The van der Waals surface area contributed by atoms with Crippen molar-refractivity contribution in [2.24, 2.45) is 0 Å². The van der Waals surface area contributed by atoms with Gasteiger partial charge in [-0.1, -0.05) is 18.2 Å². The van der Waals surface area contributed by atoms with Crippen molar-refractivity contribution in [2.45, 2.75) is 0 Å². The number of anilines is 1. The molecule has 5 rings (SSSR count). The van der Waals surface area contributed by atoms with E-state index in [1.165, 1.54) is 14.2 Å². The van der Waals surface area contributed by atoms with Crippen LogP contribution >= 0.6 is 0 Å². The number of piperazine rings is 1. The average molecular weight is 558 g/mol. The molecular formula is C30H31N5O6. The second-order valence-corrected chi connectivity index (χ2v) is 9.40. The van der Waals surface area contributed by atoms with Gasteiger partial charge in [0.2, 0.25) is 5.91 Å². The summed E-state index contributed by atoms with van der Waals surface area (Å²) >= 11 is 0. The monoisotopic (exact) mass is 557 g/mol. The van der Waals surface area contributed by atoms with Crippen LogP contribution in [0.2, 0.25) is 0 Å². The van der Waals surface area contributed by atoms with Crippen LogP contribution in [0.4, 0.5) is 5.69 Å². The van der Waals surface area contributed by atoms with E-state index in [-0.39, 0.29) is 18.1 Å². The summed E-state index contributed by atoms with van der Waals surface area (Å²) in [5.74, 6) is 0.930. The fourth-order valence-electron chi connectivity index (χ4n) is 4.84. The Morgan fingerprint density at radius 3 is 2.15 bits per heavy atom. The molecule has 0 radical (unpaired) electrons. The van der Waals surface area contributed by atoms with Gasteiger partial charge in [0.1, 0.15) is 22.9 Å². The van der Waals surface area contributed by atoms with Gasteiger partial charge in [0.15, 0.2) is 5.69 Å². The van der Waals surface area contributed by atoms with E-state index in [4.69, 9.17) is 14.2 Å². The SMILES string of the molecule is COc1ccc(N2CCN(C(=O)CNC(=O)c3nn(-c4ccc(OC)cc4OC)c(=O)c4ccccc34)CC2)cc1. The minimum atomic E-state index is -0.562. The van der Waals surface area contributed by atoms with E-state index >= 15 is 0 Å². The number of methoxy groups -OCH3 is 3. The Labute approximate surface area is 236 Å². The van der Waals surface area contributed by atoms with Crippen LogP contribution in [0.25, 0.3) is 16.5 Å². The number of nitrogens with one attached hydrogen (secondary N) is 1. The molecule has 11 nitrogen and oxygen atoms in total. The van der Waals surface area contributed by atoms with E-state index in [0.29, 0.717) is 54.1 Å². The first-order valence-corrected chi connectivity index (χ1v) is 13.1. The highest BCUT2D eigenvalue weighted by Gasteiger charge is 2.24. The molecule has 11 heteroatoms. The van der Waals surface area contributed by atoms with Gasteiger partial charge in [0.05, 0.1) is 33.3 Å². The van der Waals surface area contributed by atoms with Crippen LogP contribution in [0.1, 0.15) is 10.5 Å². The molecule has 0 atom stereocenters. The molecule has 0 bridgehead atoms. The zero-order chi connectivity index (χ0) is 28.9. The fourth-order valence-corrected chi connectivity index (χ4v) is 4.84. The van der Waals surface area contributed by atoms with E-state index in [1.54, 1.807) is 54.5 Å². The zero-order valence-electron chi connectivity index (χ0n) is 23.1. The lowest BCUT2D eigenvalue weighted by Crippen LogP contribution is -2.51. The number of amides is 2. The van der Waals surface area contributed by atoms with Crippen molar-refractivity contribution in [1.82, 2.24) is 20.0 Å². The Morgan fingerprint density at radius 2 is 1.49 bits per heavy atom. The highest BCUT2D eigenvalue weighted by atomic mass is 16.5. The molecule has 1 aliphatic heterocycles. The van der Waals surface area contributed by atoms with Gasteiger partial charge in [-0.05, 0) is 42.5 Å². The molecule has 2 heterocycles. The molecule has 2 amide bonds. The van der Waals surface area contributed by atoms with Crippen LogP contribution in [0.15, 0.2) is 71.5 Å². The summed E-state index contributed by atoms with van der Waals surface area (Å²) in [6.45, 7) is 2.22. The van der Waals surface area contributed by atoms with Crippen molar-refractivity contribution in [3.05, 3.63) is 82.8 Å². The van der Waals surface area contributed by atoms with Crippen molar-refractivity contribution < 1.29 is 23.8 Å². The van der Waals surface area contributed by atoms with E-state index in [9.17, 15) is 14.4 Å². The van der Waals surface area contributed by atoms with Gasteiger partial charge in [-0.2, -0.15) is 9.78 Å². The molecule has 212 valence electrons. The molecular weight excluding hydrogens is 526 g/mol. The number of hydrogen-bond donors (Lipinski definition) is 1. The zero-order valence-corrected chi connectivity index (χ0v) is 23.1. The largest absolute Gasteiger partial charge is 0.497 e. The number of rotatable bonds is 8. The Balaban J connectivity index is 1.32. The molecule has 0 unspecified atom stereocenters. The molecule has 1 aliphatic rings. The molecule has 41 heavy (non-hydrogen) atoms. The molecule has 1 saturated heterocycles. The lowest BCUT2D eigenvalue weighted by atomic mass is 10.1. The van der Waals surface area contributed by atoms with Crippen molar-refractivity contribution in [2.75, 3.05) is 59.0 Å². The van der Waals surface area contributed by atoms with Gasteiger partial charge in [-0.25, -0.2) is 0 Å². The summed E-state index contributed by atoms with van der Waals surface area (Å²) < 4.78 is 17.1. The third-order valence-corrected chi connectivity index (χ3v) is 7.11. The van der Waals surface area contributed by atoms with Gasteiger partial charge < -0.3 is 29.3 Å². The molecule has 1 aromatic heterocycles. The van der Waals surface area contributed by atoms with Crippen molar-refractivity contribution in [1.29, 1.82) is 0 Å². The first kappa shape index (κ1) is 27.5. The summed E-state index contributed by atoms with van der Waals surface area (Å²) in [6.07, 6.45) is 0. The molecule has 0 spiro atoms. The first-order valence-electron chi connectivity index (χ1n) is 13.1. The lowest BCUT2D eigenvalue weighted by Gasteiger charge is -2.36. The van der Waals surface area contributed by atoms with Gasteiger partial charge >= 0.3 is 0 Å². The smallest absolute Gasteiger partial charge is 0.279 e. The Hall–Kier alpha value is -5.06. The Kier molecular flexibility index (Phi) is 8.04. The van der Waals surface area contributed by atoms with Gasteiger partial charge in [-0.15, -0.1) is 0 Å². The van der Waals surface area contributed by atoms with Crippen LogP contribution in [0.5, 0.6) is 17.2 Å². The normalized spacial score (nSPS) is 13.1. The second-order valence-electron chi connectivity index (χ2n) is 9.40. The predicted molar refractivity (Wildman–Crippen MR) is 155 cm³/mol. The molecule has 4 aromatic rings. The van der Waals surface area contributed by atoms with Crippen LogP contribution in [-0.4, -0.2) is 80.5 Å². The van der Waals surface area contributed by atoms with Crippen LogP contribution < -0.4 is 30.0 Å². The van der Waals surface area contributed by atoms with E-state index in [1.807, 2.05) is 24.3 Å². The Morgan fingerprint density at radius 1 is 0.829 bits per heavy atom. The topological polar surface area (TPSA) is 115 Å². The minimum absolute atomic E-state index is 0.0233. The highest BCUT2D eigenvalue weighted by molar-refractivity contribution is 6.05. The number of carbonyl (C=O) groups is 2. The summed E-state index contributed by atoms with van der Waals surface area (Å²) in [5, 5.41) is 7.81. The maximum absolute atomic E-state index is 13.4. The van der Waals surface area contributed by atoms with E-state index < -0.39 is 11.5 Å². The number of fused-ring (bicyclic) bond motifs is 1. The summed E-state index contributed by atoms with van der Waals surface area (Å²) in [5.41, 5.74) is 1.03. The Bertz CT molecular complexity index is 1630. The van der Waals surface area contributed by atoms with Crippen molar-refractivity contribution in [3.8, 4) is 22.9 Å². The van der Waals surface area contributed by atoms with Gasteiger partial charge in [0, 0.05) is 43.3 Å². The number of benzene rings is 3. The molecule has 0 aliphatic carbocycles. The van der Waals surface area contributed by atoms with Gasteiger partial charge in [0.25, 0.3) is 11.5 Å². The summed E-state index contributed by atoms with van der Waals surface area (Å²) in [7, 11) is 4.63.